The van der Waals surface area contributed by atoms with Crippen molar-refractivity contribution in [3.63, 3.8) is 0 Å². The Bertz CT molecular complexity index is 464. The second-order valence-electron chi connectivity index (χ2n) is 4.65. The Morgan fingerprint density at radius 3 is 3.00 bits per heavy atom. The molecule has 1 saturated heterocycles. The number of anilines is 1. The van der Waals surface area contributed by atoms with Crippen LogP contribution in [-0.4, -0.2) is 36.9 Å². The number of aliphatic hydroxyl groups excluding tert-OH is 1. The number of rotatable bonds is 4. The van der Waals surface area contributed by atoms with Crippen LogP contribution in [0.25, 0.3) is 0 Å². The number of ether oxygens (including phenoxy) is 1. The number of halogens is 1. The molecular formula is C14H18BrNO3. The number of nitrogens with zero attached hydrogens (tertiary/aromatic N) is 1. The van der Waals surface area contributed by atoms with Gasteiger partial charge in [-0.15, -0.1) is 0 Å². The van der Waals surface area contributed by atoms with Crippen molar-refractivity contribution in [2.75, 3.05) is 24.7 Å². The lowest BCUT2D eigenvalue weighted by Crippen LogP contribution is -2.48. The van der Waals surface area contributed by atoms with E-state index in [4.69, 9.17) is 9.84 Å². The molecule has 104 valence electrons. The minimum Gasteiger partial charge on any atom is -0.396 e. The molecule has 1 heterocycles. The highest BCUT2D eigenvalue weighted by Crippen LogP contribution is 2.26. The van der Waals surface area contributed by atoms with E-state index < -0.39 is 6.10 Å². The van der Waals surface area contributed by atoms with Crippen LogP contribution in [0.2, 0.25) is 0 Å². The van der Waals surface area contributed by atoms with Gasteiger partial charge < -0.3 is 14.7 Å². The highest BCUT2D eigenvalue weighted by molar-refractivity contribution is 9.10. The van der Waals surface area contributed by atoms with Crippen LogP contribution in [0.15, 0.2) is 22.7 Å². The first-order valence-electron chi connectivity index (χ1n) is 6.43. The van der Waals surface area contributed by atoms with Crippen molar-refractivity contribution in [2.45, 2.75) is 25.9 Å². The van der Waals surface area contributed by atoms with Crippen molar-refractivity contribution in [3.05, 3.63) is 28.2 Å². The Balaban J connectivity index is 2.14. The van der Waals surface area contributed by atoms with Gasteiger partial charge in [0.15, 0.2) is 0 Å². The summed E-state index contributed by atoms with van der Waals surface area (Å²) in [6.45, 7) is 3.21. The lowest BCUT2D eigenvalue weighted by molar-refractivity contribution is -0.134. The van der Waals surface area contributed by atoms with Crippen LogP contribution in [-0.2, 0) is 9.53 Å². The van der Waals surface area contributed by atoms with Gasteiger partial charge in [0.05, 0.1) is 6.61 Å². The molecule has 1 aromatic rings. The molecule has 4 nitrogen and oxygen atoms in total. The number of hydrogen-bond donors (Lipinski definition) is 1. The van der Waals surface area contributed by atoms with Gasteiger partial charge in [-0.25, -0.2) is 0 Å². The van der Waals surface area contributed by atoms with E-state index in [2.05, 4.69) is 15.9 Å². The zero-order valence-corrected chi connectivity index (χ0v) is 12.5. The second-order valence-corrected chi connectivity index (χ2v) is 5.50. The topological polar surface area (TPSA) is 49.8 Å². The lowest BCUT2D eigenvalue weighted by Gasteiger charge is -2.32. The van der Waals surface area contributed by atoms with Crippen molar-refractivity contribution < 1.29 is 14.6 Å². The molecule has 1 atom stereocenters. The van der Waals surface area contributed by atoms with E-state index in [-0.39, 0.29) is 12.5 Å². The van der Waals surface area contributed by atoms with Gasteiger partial charge >= 0.3 is 0 Å². The summed E-state index contributed by atoms with van der Waals surface area (Å²) < 4.78 is 6.48. The van der Waals surface area contributed by atoms with Crippen LogP contribution in [0, 0.1) is 6.92 Å². The number of carbonyl (C=O) groups excluding carboxylic acids is 1. The minimum absolute atomic E-state index is 0.0181. The third kappa shape index (κ3) is 3.35. The zero-order chi connectivity index (χ0) is 13.8. The van der Waals surface area contributed by atoms with Gasteiger partial charge in [0.25, 0.3) is 5.91 Å². The lowest BCUT2D eigenvalue weighted by atomic mass is 10.1. The van der Waals surface area contributed by atoms with E-state index in [1.54, 1.807) is 4.90 Å². The molecular weight excluding hydrogens is 310 g/mol. The summed E-state index contributed by atoms with van der Waals surface area (Å²) in [5.41, 5.74) is 2.03. The molecule has 1 N–H and O–H groups in total. The zero-order valence-electron chi connectivity index (χ0n) is 10.9. The summed E-state index contributed by atoms with van der Waals surface area (Å²) >= 11 is 3.49. The van der Waals surface area contributed by atoms with Crippen molar-refractivity contribution >= 4 is 27.5 Å². The predicted octanol–water partition coefficient (Wildman–Crippen LogP) is 2.26. The van der Waals surface area contributed by atoms with Crippen LogP contribution in [0.5, 0.6) is 0 Å². The van der Waals surface area contributed by atoms with E-state index in [1.807, 2.05) is 25.1 Å². The Morgan fingerprint density at radius 1 is 1.53 bits per heavy atom. The van der Waals surface area contributed by atoms with Crippen molar-refractivity contribution in [1.82, 2.24) is 0 Å². The van der Waals surface area contributed by atoms with Gasteiger partial charge in [0.1, 0.15) is 6.10 Å². The Hall–Kier alpha value is -0.910. The summed E-state index contributed by atoms with van der Waals surface area (Å²) in [6.07, 6.45) is 0.724. The fourth-order valence-electron chi connectivity index (χ4n) is 2.13. The smallest absolute Gasteiger partial charge is 0.256 e. The highest BCUT2D eigenvalue weighted by Gasteiger charge is 2.30. The number of morpholine rings is 1. The van der Waals surface area contributed by atoms with E-state index in [0.717, 1.165) is 15.7 Å². The molecule has 1 aromatic carbocycles. The maximum absolute atomic E-state index is 12.3. The third-order valence-electron chi connectivity index (χ3n) is 3.27. The molecule has 5 heteroatoms. The molecule has 0 bridgehead atoms. The number of carbonyl (C=O) groups is 1. The molecule has 1 fully saturated rings. The normalized spacial score (nSPS) is 19.8. The average molecular weight is 328 g/mol. The highest BCUT2D eigenvalue weighted by atomic mass is 79.9. The first-order chi connectivity index (χ1) is 9.13. The van der Waals surface area contributed by atoms with Crippen molar-refractivity contribution in [1.29, 1.82) is 0 Å². The van der Waals surface area contributed by atoms with Crippen LogP contribution in [0.4, 0.5) is 5.69 Å². The van der Waals surface area contributed by atoms with Gasteiger partial charge in [-0.3, -0.25) is 4.79 Å². The molecule has 2 rings (SSSR count). The molecule has 0 radical (unpaired) electrons. The molecule has 0 spiro atoms. The number of hydrogen-bond acceptors (Lipinski definition) is 3. The van der Waals surface area contributed by atoms with Crippen LogP contribution >= 0.6 is 15.9 Å². The van der Waals surface area contributed by atoms with Crippen LogP contribution in [0.3, 0.4) is 0 Å². The molecule has 1 aliphatic heterocycles. The fourth-order valence-corrected chi connectivity index (χ4v) is 2.50. The van der Waals surface area contributed by atoms with E-state index in [9.17, 15) is 4.79 Å². The fraction of sp³-hybridized carbons (Fsp3) is 0.500. The SMILES string of the molecule is Cc1ccc(N2CCOC(CCCO)C2=O)cc1Br. The molecule has 1 amide bonds. The van der Waals surface area contributed by atoms with Crippen molar-refractivity contribution in [2.24, 2.45) is 0 Å². The summed E-state index contributed by atoms with van der Waals surface area (Å²) in [4.78, 5) is 14.1. The maximum atomic E-state index is 12.3. The Labute approximate surface area is 121 Å². The average Bonchev–Trinajstić information content (AvgIpc) is 2.41. The van der Waals surface area contributed by atoms with Gasteiger partial charge in [-0.1, -0.05) is 22.0 Å². The molecule has 1 aliphatic rings. The number of aryl methyl sites for hydroxylation is 1. The van der Waals surface area contributed by atoms with Crippen molar-refractivity contribution in [3.8, 4) is 0 Å². The number of benzene rings is 1. The summed E-state index contributed by atoms with van der Waals surface area (Å²) in [5, 5.41) is 8.85. The van der Waals surface area contributed by atoms with E-state index in [0.29, 0.717) is 26.0 Å². The number of aliphatic hydroxyl groups is 1. The maximum Gasteiger partial charge on any atom is 0.256 e. The van der Waals surface area contributed by atoms with Crippen LogP contribution < -0.4 is 4.90 Å². The standard InChI is InChI=1S/C14H18BrNO3/c1-10-4-5-11(9-12(10)15)16-6-8-19-13(14(16)18)3-2-7-17/h4-5,9,13,17H,2-3,6-8H2,1H3. The summed E-state index contributed by atoms with van der Waals surface area (Å²) in [6, 6.07) is 5.90. The molecule has 0 aliphatic carbocycles. The van der Waals surface area contributed by atoms with Gasteiger partial charge in [0.2, 0.25) is 0 Å². The van der Waals surface area contributed by atoms with E-state index in [1.165, 1.54) is 0 Å². The first-order valence-corrected chi connectivity index (χ1v) is 7.23. The molecule has 0 aromatic heterocycles. The van der Waals surface area contributed by atoms with Gasteiger partial charge in [-0.2, -0.15) is 0 Å². The number of amides is 1. The molecule has 1 unspecified atom stereocenters. The predicted molar refractivity (Wildman–Crippen MR) is 77.3 cm³/mol. The molecule has 0 saturated carbocycles. The second kappa shape index (κ2) is 6.50. The van der Waals surface area contributed by atoms with Gasteiger partial charge in [0, 0.05) is 23.3 Å². The van der Waals surface area contributed by atoms with Crippen LogP contribution in [0.1, 0.15) is 18.4 Å². The van der Waals surface area contributed by atoms with E-state index >= 15 is 0 Å². The monoisotopic (exact) mass is 327 g/mol. The first kappa shape index (κ1) is 14.5. The Kier molecular flexibility index (Phi) is 4.96. The quantitative estimate of drug-likeness (QED) is 0.922. The largest absolute Gasteiger partial charge is 0.396 e. The third-order valence-corrected chi connectivity index (χ3v) is 4.12. The Morgan fingerprint density at radius 2 is 2.32 bits per heavy atom. The summed E-state index contributed by atoms with van der Waals surface area (Å²) in [7, 11) is 0. The molecule has 19 heavy (non-hydrogen) atoms. The minimum atomic E-state index is -0.430. The summed E-state index contributed by atoms with van der Waals surface area (Å²) in [5.74, 6) is -0.0181. The van der Waals surface area contributed by atoms with Gasteiger partial charge in [-0.05, 0) is 37.5 Å².